The summed E-state index contributed by atoms with van der Waals surface area (Å²) in [5.74, 6) is -1.52. The number of rotatable bonds is 5. The number of phenolic OH excluding ortho intramolecular Hbond substituents is 1. The van der Waals surface area contributed by atoms with Gasteiger partial charge in [-0.3, -0.25) is 9.59 Å². The number of amides is 1. The number of piperidine rings is 1. The fraction of sp³-hybridized carbons (Fsp3) is 0.478. The number of aryl methyl sites for hydroxylation is 1. The van der Waals surface area contributed by atoms with Crippen molar-refractivity contribution < 1.29 is 18.8 Å². The molecule has 1 aromatic carbocycles. The van der Waals surface area contributed by atoms with E-state index in [0.29, 0.717) is 31.5 Å². The Hall–Kier alpha value is -1.78. The van der Waals surface area contributed by atoms with E-state index in [9.17, 15) is 19.2 Å². The molecular formula is C23H28Cl2FN3O4S. The molecule has 2 heterocycles. The maximum absolute atomic E-state index is 15.2. The summed E-state index contributed by atoms with van der Waals surface area (Å²) in [7, 11) is 0. The van der Waals surface area contributed by atoms with E-state index >= 15 is 4.39 Å². The van der Waals surface area contributed by atoms with E-state index in [-0.39, 0.29) is 38.7 Å². The van der Waals surface area contributed by atoms with Gasteiger partial charge >= 0.3 is 0 Å². The highest BCUT2D eigenvalue weighted by Gasteiger charge is 2.39. The van der Waals surface area contributed by atoms with Crippen molar-refractivity contribution in [1.82, 2.24) is 14.6 Å². The highest BCUT2D eigenvalue weighted by Crippen LogP contribution is 2.41. The fourth-order valence-electron chi connectivity index (χ4n) is 3.93. The van der Waals surface area contributed by atoms with E-state index in [1.807, 2.05) is 0 Å². The number of aromatic hydroxyl groups is 1. The van der Waals surface area contributed by atoms with Crippen LogP contribution in [0.2, 0.25) is 10.0 Å². The number of nitrogens with one attached hydrogen (secondary N) is 2. The zero-order chi connectivity index (χ0) is 25.4. The molecule has 2 atom stereocenters. The van der Waals surface area contributed by atoms with Gasteiger partial charge in [0.25, 0.3) is 11.5 Å². The van der Waals surface area contributed by atoms with Gasteiger partial charge in [0.05, 0.1) is 22.2 Å². The predicted molar refractivity (Wildman–Crippen MR) is 132 cm³/mol. The maximum atomic E-state index is 15.2. The Bertz CT molecular complexity index is 1130. The number of hydrogen-bond donors (Lipinski definition) is 3. The zero-order valence-corrected chi connectivity index (χ0v) is 21.7. The second-order valence-electron chi connectivity index (χ2n) is 9.43. The second kappa shape index (κ2) is 10.5. The molecule has 2 aromatic rings. The number of hydrogen-bond acceptors (Lipinski definition) is 5. The van der Waals surface area contributed by atoms with E-state index < -0.39 is 33.5 Å². The van der Waals surface area contributed by atoms with Crippen LogP contribution < -0.4 is 10.3 Å². The number of H-pyrrole nitrogens is 1. The van der Waals surface area contributed by atoms with Crippen LogP contribution in [0.1, 0.15) is 61.1 Å². The van der Waals surface area contributed by atoms with Crippen molar-refractivity contribution in [3.63, 3.8) is 0 Å². The van der Waals surface area contributed by atoms with Crippen LogP contribution in [0.5, 0.6) is 5.75 Å². The topological polar surface area (TPSA) is 108 Å². The Morgan fingerprint density at radius 2 is 1.94 bits per heavy atom. The quantitative estimate of drug-likeness (QED) is 0.493. The number of likely N-dealkylation sites (tertiary alicyclic amines) is 1. The number of nitrogens with zero attached hydrogens (tertiary/aromatic N) is 1. The molecule has 1 aromatic heterocycles. The molecule has 3 rings (SSSR count). The van der Waals surface area contributed by atoms with Crippen LogP contribution in [0, 0.1) is 18.7 Å². The summed E-state index contributed by atoms with van der Waals surface area (Å²) in [4.78, 5) is 28.4. The summed E-state index contributed by atoms with van der Waals surface area (Å²) in [5.41, 5.74) is 0.165. The minimum Gasteiger partial charge on any atom is -0.598 e. The summed E-state index contributed by atoms with van der Waals surface area (Å²) >= 11 is 10.4. The zero-order valence-electron chi connectivity index (χ0n) is 19.4. The standard InChI is InChI=1S/C23H28Cl2FN3O4S/c1-12-9-16(30)17(19(26)18(12)25)20(28-34(33)23(2,3)4)13-5-7-29(8-6-13)22(32)14-10-15(24)21(31)27-11-14/h9-11,13,20,28,30H,5-8H2,1-4H3,(H,27,31). The van der Waals surface area contributed by atoms with Crippen molar-refractivity contribution in [1.29, 1.82) is 0 Å². The first-order valence-electron chi connectivity index (χ1n) is 10.8. The number of phenols is 1. The van der Waals surface area contributed by atoms with Crippen molar-refractivity contribution in [3.05, 3.63) is 61.2 Å². The van der Waals surface area contributed by atoms with Crippen LogP contribution in [-0.4, -0.2) is 43.3 Å². The lowest BCUT2D eigenvalue weighted by Gasteiger charge is -2.38. The van der Waals surface area contributed by atoms with Gasteiger partial charge in [-0.25, -0.2) is 4.39 Å². The average molecular weight is 532 g/mol. The van der Waals surface area contributed by atoms with Gasteiger partial charge in [0.15, 0.2) is 5.82 Å². The molecular weight excluding hydrogens is 504 g/mol. The van der Waals surface area contributed by atoms with Gasteiger partial charge in [-0.1, -0.05) is 23.2 Å². The summed E-state index contributed by atoms with van der Waals surface area (Å²) in [6, 6.07) is 1.94. The van der Waals surface area contributed by atoms with E-state index in [1.165, 1.54) is 18.3 Å². The maximum Gasteiger partial charge on any atom is 0.266 e. The second-order valence-corrected chi connectivity index (χ2v) is 12.2. The molecule has 0 saturated carbocycles. The minimum absolute atomic E-state index is 0.0228. The number of carbonyl (C=O) groups is 1. The van der Waals surface area contributed by atoms with Gasteiger partial charge < -0.3 is 19.5 Å². The van der Waals surface area contributed by atoms with Crippen LogP contribution in [0.3, 0.4) is 0 Å². The van der Waals surface area contributed by atoms with E-state index in [4.69, 9.17) is 23.2 Å². The lowest BCUT2D eigenvalue weighted by molar-refractivity contribution is 0.0672. The lowest BCUT2D eigenvalue weighted by Crippen LogP contribution is -2.46. The number of benzene rings is 1. The Morgan fingerprint density at radius 3 is 2.50 bits per heavy atom. The van der Waals surface area contributed by atoms with Gasteiger partial charge in [-0.2, -0.15) is 0 Å². The molecule has 7 nitrogen and oxygen atoms in total. The molecule has 1 saturated heterocycles. The molecule has 11 heteroatoms. The Kier molecular flexibility index (Phi) is 8.25. The van der Waals surface area contributed by atoms with E-state index in [0.717, 1.165) is 0 Å². The molecule has 1 fully saturated rings. The van der Waals surface area contributed by atoms with Gasteiger partial charge in [-0.05, 0) is 64.2 Å². The smallest absolute Gasteiger partial charge is 0.266 e. The molecule has 1 aliphatic heterocycles. The van der Waals surface area contributed by atoms with Gasteiger partial charge in [0, 0.05) is 30.6 Å². The molecule has 0 spiro atoms. The van der Waals surface area contributed by atoms with E-state index in [1.54, 1.807) is 32.6 Å². The summed E-state index contributed by atoms with van der Waals surface area (Å²) in [6.07, 6.45) is 2.25. The number of carbonyl (C=O) groups excluding carboxylic acids is 1. The predicted octanol–water partition coefficient (Wildman–Crippen LogP) is 4.48. The molecule has 0 radical (unpaired) electrons. The Morgan fingerprint density at radius 1 is 1.32 bits per heavy atom. The third-order valence-corrected chi connectivity index (χ3v) is 8.23. The Balaban J connectivity index is 1.86. The van der Waals surface area contributed by atoms with Crippen LogP contribution in [0.25, 0.3) is 0 Å². The monoisotopic (exact) mass is 531 g/mol. The summed E-state index contributed by atoms with van der Waals surface area (Å²) in [5, 5.41) is 10.4. The normalized spacial score (nSPS) is 17.0. The van der Waals surface area contributed by atoms with Crippen molar-refractivity contribution >= 4 is 40.5 Å². The molecule has 2 unspecified atom stereocenters. The number of aromatic amines is 1. The molecule has 1 aliphatic rings. The van der Waals surface area contributed by atoms with Crippen LogP contribution in [0.4, 0.5) is 4.39 Å². The van der Waals surface area contributed by atoms with Crippen LogP contribution in [-0.2, 0) is 11.4 Å². The van der Waals surface area contributed by atoms with Crippen molar-refractivity contribution in [3.8, 4) is 5.75 Å². The summed E-state index contributed by atoms with van der Waals surface area (Å²) < 4.78 is 30.6. The average Bonchev–Trinajstić information content (AvgIpc) is 2.77. The molecule has 34 heavy (non-hydrogen) atoms. The van der Waals surface area contributed by atoms with Crippen molar-refractivity contribution in [2.75, 3.05) is 13.1 Å². The third-order valence-electron chi connectivity index (χ3n) is 5.91. The Labute approximate surface area is 211 Å². The van der Waals surface area contributed by atoms with Gasteiger partial charge in [0.1, 0.15) is 15.5 Å². The highest BCUT2D eigenvalue weighted by atomic mass is 35.5. The first-order chi connectivity index (χ1) is 15.8. The minimum atomic E-state index is -1.55. The molecule has 0 bridgehead atoms. The largest absolute Gasteiger partial charge is 0.598 e. The first kappa shape index (κ1) is 26.8. The third kappa shape index (κ3) is 5.71. The first-order valence-corrected chi connectivity index (χ1v) is 12.7. The highest BCUT2D eigenvalue weighted by molar-refractivity contribution is 7.90. The number of halogens is 3. The molecule has 3 N–H and O–H groups in total. The van der Waals surface area contributed by atoms with E-state index in [2.05, 4.69) is 9.71 Å². The molecule has 186 valence electrons. The van der Waals surface area contributed by atoms with Crippen LogP contribution in [0.15, 0.2) is 23.1 Å². The van der Waals surface area contributed by atoms with Gasteiger partial charge in [-0.15, -0.1) is 4.72 Å². The fourth-order valence-corrected chi connectivity index (χ4v) is 5.15. The van der Waals surface area contributed by atoms with Crippen molar-refractivity contribution in [2.45, 2.75) is 51.3 Å². The van der Waals surface area contributed by atoms with Crippen molar-refractivity contribution in [2.24, 2.45) is 5.92 Å². The van der Waals surface area contributed by atoms with Crippen LogP contribution >= 0.6 is 23.2 Å². The molecule has 0 aliphatic carbocycles. The number of pyridine rings is 1. The lowest BCUT2D eigenvalue weighted by atomic mass is 9.85. The summed E-state index contributed by atoms with van der Waals surface area (Å²) in [6.45, 7) is 7.68. The number of aromatic nitrogens is 1. The van der Waals surface area contributed by atoms with Gasteiger partial charge in [0.2, 0.25) is 0 Å². The molecule has 1 amide bonds. The SMILES string of the molecule is Cc1cc(O)c(C(N[S+]([O-])C(C)(C)C)C2CCN(C(=O)c3c[nH]c(=O)c(Cl)c3)CC2)c(F)c1Cl.